The summed E-state index contributed by atoms with van der Waals surface area (Å²) in [7, 11) is 0. The highest BCUT2D eigenvalue weighted by atomic mass is 35.5. The molecule has 2 aromatic carbocycles. The number of para-hydroxylation sites is 1. The molecule has 0 spiro atoms. The summed E-state index contributed by atoms with van der Waals surface area (Å²) in [6.07, 6.45) is 1.80. The van der Waals surface area contributed by atoms with Crippen LogP contribution in [0.15, 0.2) is 42.5 Å². The number of hydrogen-bond donors (Lipinski definition) is 5. The van der Waals surface area contributed by atoms with Gasteiger partial charge in [0.25, 0.3) is 11.8 Å². The Hall–Kier alpha value is -2.77. The van der Waals surface area contributed by atoms with Gasteiger partial charge in [0.15, 0.2) is 11.5 Å². The average molecular weight is 407 g/mol. The summed E-state index contributed by atoms with van der Waals surface area (Å²) in [4.78, 5) is 24.2. The van der Waals surface area contributed by atoms with Crippen molar-refractivity contribution in [3.63, 3.8) is 0 Å². The number of carbonyl (C=O) groups excluding carboxylic acids is 2. The van der Waals surface area contributed by atoms with E-state index in [0.717, 1.165) is 0 Å². The number of amides is 2. The second-order valence-corrected chi connectivity index (χ2v) is 6.66. The number of nitrogens with one attached hydrogen (secondary N) is 2. The van der Waals surface area contributed by atoms with Crippen molar-refractivity contribution in [3.8, 4) is 11.5 Å². The lowest BCUT2D eigenvalue weighted by Gasteiger charge is -2.17. The van der Waals surface area contributed by atoms with E-state index in [2.05, 4.69) is 10.6 Å². The molecule has 0 aromatic heterocycles. The molecule has 0 fully saturated rings. The molecule has 150 valence electrons. The van der Waals surface area contributed by atoms with Crippen LogP contribution in [0.25, 0.3) is 0 Å². The van der Waals surface area contributed by atoms with Crippen molar-refractivity contribution < 1.29 is 24.9 Å². The molecule has 0 saturated carbocycles. The molecular formula is C20H23ClN2O5. The summed E-state index contributed by atoms with van der Waals surface area (Å²) in [6.45, 7) is 0.167. The van der Waals surface area contributed by atoms with Gasteiger partial charge in [-0.2, -0.15) is 0 Å². The zero-order valence-electron chi connectivity index (χ0n) is 15.2. The number of carbonyl (C=O) groups is 2. The molecule has 28 heavy (non-hydrogen) atoms. The lowest BCUT2D eigenvalue weighted by molar-refractivity contribution is 0.0908. The van der Waals surface area contributed by atoms with E-state index in [9.17, 15) is 24.9 Å². The van der Waals surface area contributed by atoms with Gasteiger partial charge in [0.05, 0.1) is 28.8 Å². The van der Waals surface area contributed by atoms with E-state index in [-0.39, 0.29) is 23.8 Å². The Morgan fingerprint density at radius 3 is 2.39 bits per heavy atom. The minimum absolute atomic E-state index is 0.0644. The first-order valence-electron chi connectivity index (χ1n) is 8.89. The Labute approximate surface area is 168 Å². The maximum absolute atomic E-state index is 12.2. The summed E-state index contributed by atoms with van der Waals surface area (Å²) in [5.41, 5.74) is 0.348. The lowest BCUT2D eigenvalue weighted by Crippen LogP contribution is -2.37. The Morgan fingerprint density at radius 1 is 0.964 bits per heavy atom. The van der Waals surface area contributed by atoms with Crippen molar-refractivity contribution in [3.05, 3.63) is 58.6 Å². The van der Waals surface area contributed by atoms with Gasteiger partial charge < -0.3 is 26.0 Å². The summed E-state index contributed by atoms with van der Waals surface area (Å²) < 4.78 is 0. The number of phenols is 2. The van der Waals surface area contributed by atoms with E-state index >= 15 is 0 Å². The number of aromatic hydroxyl groups is 2. The van der Waals surface area contributed by atoms with E-state index in [0.29, 0.717) is 36.4 Å². The number of rotatable bonds is 9. The van der Waals surface area contributed by atoms with Crippen LogP contribution in [-0.2, 0) is 0 Å². The maximum Gasteiger partial charge on any atom is 0.255 e. The second kappa shape index (κ2) is 10.5. The average Bonchev–Trinajstić information content (AvgIpc) is 2.68. The van der Waals surface area contributed by atoms with Crippen molar-refractivity contribution >= 4 is 23.4 Å². The van der Waals surface area contributed by atoms with Crippen molar-refractivity contribution in [2.45, 2.75) is 25.3 Å². The van der Waals surface area contributed by atoms with E-state index < -0.39 is 17.7 Å². The highest BCUT2D eigenvalue weighted by Crippen LogP contribution is 2.28. The molecule has 1 atom stereocenters. The quantitative estimate of drug-likeness (QED) is 0.324. The Morgan fingerprint density at radius 2 is 1.68 bits per heavy atom. The van der Waals surface area contributed by atoms with Gasteiger partial charge in [-0.15, -0.1) is 0 Å². The van der Waals surface area contributed by atoms with Crippen LogP contribution in [-0.4, -0.2) is 46.3 Å². The van der Waals surface area contributed by atoms with Crippen molar-refractivity contribution in [1.82, 2.24) is 10.6 Å². The van der Waals surface area contributed by atoms with Crippen LogP contribution >= 0.6 is 11.6 Å². The molecule has 5 N–H and O–H groups in total. The fraction of sp³-hybridized carbons (Fsp3) is 0.300. The van der Waals surface area contributed by atoms with Gasteiger partial charge in [0, 0.05) is 6.54 Å². The zero-order chi connectivity index (χ0) is 20.5. The van der Waals surface area contributed by atoms with Gasteiger partial charge in [-0.25, -0.2) is 0 Å². The predicted molar refractivity (Wildman–Crippen MR) is 106 cm³/mol. The molecule has 2 aromatic rings. The van der Waals surface area contributed by atoms with E-state index in [4.69, 9.17) is 11.6 Å². The molecule has 0 radical (unpaired) electrons. The fourth-order valence-corrected chi connectivity index (χ4v) is 2.87. The molecule has 2 rings (SSSR count). The standard InChI is InChI=1S/C20H23ClN2O5/c21-16-9-2-1-7-14(16)19(27)22-11-4-3-6-13(12-24)23-20(28)15-8-5-10-17(25)18(15)26/h1-2,5,7-10,13,24-26H,3-4,6,11-12H2,(H,22,27)(H,23,28). The number of phenolic OH excluding ortho intramolecular Hbond substituents is 2. The number of halogens is 1. The minimum Gasteiger partial charge on any atom is -0.504 e. The summed E-state index contributed by atoms with van der Waals surface area (Å²) in [5.74, 6) is -1.72. The van der Waals surface area contributed by atoms with Gasteiger partial charge in [-0.05, 0) is 43.5 Å². The molecule has 8 heteroatoms. The van der Waals surface area contributed by atoms with E-state index in [1.165, 1.54) is 18.2 Å². The Kier molecular flexibility index (Phi) is 8.10. The first-order valence-corrected chi connectivity index (χ1v) is 9.27. The van der Waals surface area contributed by atoms with Crippen molar-refractivity contribution in [2.24, 2.45) is 0 Å². The third-order valence-corrected chi connectivity index (χ3v) is 4.53. The molecule has 0 aliphatic rings. The number of aliphatic hydroxyl groups is 1. The highest BCUT2D eigenvalue weighted by Gasteiger charge is 2.17. The maximum atomic E-state index is 12.2. The second-order valence-electron chi connectivity index (χ2n) is 6.26. The normalized spacial score (nSPS) is 11.6. The summed E-state index contributed by atoms with van der Waals surface area (Å²) in [6, 6.07) is 10.4. The van der Waals surface area contributed by atoms with E-state index in [1.54, 1.807) is 24.3 Å². The largest absolute Gasteiger partial charge is 0.504 e. The third kappa shape index (κ3) is 5.87. The fourth-order valence-electron chi connectivity index (χ4n) is 2.65. The van der Waals surface area contributed by atoms with Gasteiger partial charge in [-0.1, -0.05) is 29.8 Å². The lowest BCUT2D eigenvalue weighted by atomic mass is 10.1. The monoisotopic (exact) mass is 406 g/mol. The molecule has 0 heterocycles. The van der Waals surface area contributed by atoms with Crippen LogP contribution in [0.1, 0.15) is 40.0 Å². The Bertz CT molecular complexity index is 828. The molecule has 0 aliphatic carbocycles. The van der Waals surface area contributed by atoms with Crippen LogP contribution < -0.4 is 10.6 Å². The van der Waals surface area contributed by atoms with Gasteiger partial charge in [0.2, 0.25) is 0 Å². The molecule has 0 aliphatic heterocycles. The van der Waals surface area contributed by atoms with Gasteiger partial charge in [0.1, 0.15) is 0 Å². The molecular weight excluding hydrogens is 384 g/mol. The molecule has 2 amide bonds. The van der Waals surface area contributed by atoms with Crippen LogP contribution in [0.5, 0.6) is 11.5 Å². The minimum atomic E-state index is -0.584. The van der Waals surface area contributed by atoms with Crippen LogP contribution in [0.4, 0.5) is 0 Å². The van der Waals surface area contributed by atoms with Crippen molar-refractivity contribution in [1.29, 1.82) is 0 Å². The number of aliphatic hydroxyl groups excluding tert-OH is 1. The number of benzene rings is 2. The molecule has 0 saturated heterocycles. The number of hydrogen-bond acceptors (Lipinski definition) is 5. The summed E-state index contributed by atoms with van der Waals surface area (Å²) in [5, 5.41) is 34.4. The van der Waals surface area contributed by atoms with Crippen LogP contribution in [0, 0.1) is 0 Å². The van der Waals surface area contributed by atoms with Crippen LogP contribution in [0.3, 0.4) is 0 Å². The van der Waals surface area contributed by atoms with Gasteiger partial charge in [-0.3, -0.25) is 9.59 Å². The van der Waals surface area contributed by atoms with Crippen molar-refractivity contribution in [2.75, 3.05) is 13.2 Å². The molecule has 0 bridgehead atoms. The van der Waals surface area contributed by atoms with E-state index in [1.807, 2.05) is 0 Å². The topological polar surface area (TPSA) is 119 Å². The number of unbranched alkanes of at least 4 members (excludes halogenated alkanes) is 1. The first kappa shape index (κ1) is 21.5. The van der Waals surface area contributed by atoms with Crippen LogP contribution in [0.2, 0.25) is 5.02 Å². The smallest absolute Gasteiger partial charge is 0.255 e. The Balaban J connectivity index is 1.75. The SMILES string of the molecule is O=C(NCCCCC(CO)NC(=O)c1cccc(O)c1O)c1ccccc1Cl. The predicted octanol–water partition coefficient (Wildman–Crippen LogP) is 2.44. The third-order valence-electron chi connectivity index (χ3n) is 4.20. The molecule has 7 nitrogen and oxygen atoms in total. The first-order chi connectivity index (χ1) is 13.4. The zero-order valence-corrected chi connectivity index (χ0v) is 15.9. The summed E-state index contributed by atoms with van der Waals surface area (Å²) >= 11 is 5.98. The van der Waals surface area contributed by atoms with Gasteiger partial charge >= 0.3 is 0 Å². The molecule has 1 unspecified atom stereocenters. The highest BCUT2D eigenvalue weighted by molar-refractivity contribution is 6.33.